The van der Waals surface area contributed by atoms with Crippen molar-refractivity contribution in [1.82, 2.24) is 9.80 Å². The van der Waals surface area contributed by atoms with Gasteiger partial charge in [0.25, 0.3) is 11.8 Å². The summed E-state index contributed by atoms with van der Waals surface area (Å²) < 4.78 is 43.1. The van der Waals surface area contributed by atoms with Gasteiger partial charge >= 0.3 is 6.18 Å². The first-order valence-electron chi connectivity index (χ1n) is 8.23. The van der Waals surface area contributed by atoms with E-state index in [0.717, 1.165) is 25.0 Å². The molecule has 0 aliphatic carbocycles. The lowest BCUT2D eigenvalue weighted by molar-refractivity contribution is -0.142. The molecule has 2 saturated heterocycles. The molecule has 25 heavy (non-hydrogen) atoms. The molecule has 0 saturated carbocycles. The zero-order valence-electron chi connectivity index (χ0n) is 13.6. The predicted molar refractivity (Wildman–Crippen MR) is 82.9 cm³/mol. The maximum atomic E-state index is 12.6. The Hall–Kier alpha value is -2.09. The summed E-state index contributed by atoms with van der Waals surface area (Å²) >= 11 is 0. The summed E-state index contributed by atoms with van der Waals surface area (Å²) in [7, 11) is 0. The van der Waals surface area contributed by atoms with Crippen molar-refractivity contribution in [3.8, 4) is 0 Å². The topological polar surface area (TPSA) is 49.9 Å². The first-order chi connectivity index (χ1) is 11.9. The number of benzene rings is 1. The van der Waals surface area contributed by atoms with E-state index in [1.807, 2.05) is 0 Å². The van der Waals surface area contributed by atoms with Gasteiger partial charge in [0, 0.05) is 38.3 Å². The summed E-state index contributed by atoms with van der Waals surface area (Å²) in [4.78, 5) is 27.9. The van der Waals surface area contributed by atoms with Crippen molar-refractivity contribution < 1.29 is 27.5 Å². The minimum atomic E-state index is -4.42. The lowest BCUT2D eigenvalue weighted by Gasteiger charge is -2.35. The number of hydrogen-bond donors (Lipinski definition) is 0. The Morgan fingerprint density at radius 3 is 2.12 bits per heavy atom. The molecular formula is C17H19F3N2O3. The minimum Gasteiger partial charge on any atom is -0.368 e. The Kier molecular flexibility index (Phi) is 4.99. The van der Waals surface area contributed by atoms with Crippen LogP contribution in [0.1, 0.15) is 28.8 Å². The number of piperazine rings is 1. The second kappa shape index (κ2) is 7.03. The smallest absolute Gasteiger partial charge is 0.368 e. The third-order valence-corrected chi connectivity index (χ3v) is 4.54. The third-order valence-electron chi connectivity index (χ3n) is 4.54. The molecule has 2 aliphatic heterocycles. The van der Waals surface area contributed by atoms with Crippen molar-refractivity contribution in [2.45, 2.75) is 25.1 Å². The normalized spacial score (nSPS) is 21.5. The molecule has 0 radical (unpaired) electrons. The maximum Gasteiger partial charge on any atom is 0.416 e. The predicted octanol–water partition coefficient (Wildman–Crippen LogP) is 2.17. The average molecular weight is 356 g/mol. The fraction of sp³-hybridized carbons (Fsp3) is 0.529. The van der Waals surface area contributed by atoms with Crippen LogP contribution >= 0.6 is 0 Å². The maximum absolute atomic E-state index is 12.6. The average Bonchev–Trinajstić information content (AvgIpc) is 3.14. The first kappa shape index (κ1) is 17.7. The number of hydrogen-bond acceptors (Lipinski definition) is 3. The molecule has 136 valence electrons. The van der Waals surface area contributed by atoms with Crippen LogP contribution < -0.4 is 0 Å². The van der Waals surface area contributed by atoms with E-state index in [2.05, 4.69) is 0 Å². The molecule has 1 atom stereocenters. The zero-order chi connectivity index (χ0) is 18.0. The molecular weight excluding hydrogens is 337 g/mol. The molecule has 2 aliphatic rings. The van der Waals surface area contributed by atoms with Crippen LogP contribution in [0.25, 0.3) is 0 Å². The van der Waals surface area contributed by atoms with Gasteiger partial charge in [-0.2, -0.15) is 13.2 Å². The first-order valence-corrected chi connectivity index (χ1v) is 8.23. The zero-order valence-corrected chi connectivity index (χ0v) is 13.6. The summed E-state index contributed by atoms with van der Waals surface area (Å²) in [6.07, 6.45) is -3.19. The number of carbonyl (C=O) groups excluding carboxylic acids is 2. The van der Waals surface area contributed by atoms with Crippen molar-refractivity contribution in [2.75, 3.05) is 32.8 Å². The Labute approximate surface area is 143 Å². The van der Waals surface area contributed by atoms with Gasteiger partial charge in [0.05, 0.1) is 5.56 Å². The van der Waals surface area contributed by atoms with E-state index in [4.69, 9.17) is 4.74 Å². The number of nitrogens with zero attached hydrogens (tertiary/aromatic N) is 2. The Morgan fingerprint density at radius 2 is 1.60 bits per heavy atom. The lowest BCUT2D eigenvalue weighted by atomic mass is 10.1. The standard InChI is InChI=1S/C17H19F3N2O3/c18-17(19,20)13-5-3-12(4-6-13)15(23)21-7-9-22(10-8-21)16(24)14-2-1-11-25-14/h3-6,14H,1-2,7-11H2. The van der Waals surface area contributed by atoms with Gasteiger partial charge in [-0.05, 0) is 37.1 Å². The molecule has 1 unspecified atom stereocenters. The SMILES string of the molecule is O=C(c1ccc(C(F)(F)F)cc1)N1CCN(C(=O)C2CCCO2)CC1. The van der Waals surface area contributed by atoms with E-state index in [1.165, 1.54) is 12.1 Å². The molecule has 0 bridgehead atoms. The molecule has 0 aromatic heterocycles. The van der Waals surface area contributed by atoms with Crippen molar-refractivity contribution in [2.24, 2.45) is 0 Å². The van der Waals surface area contributed by atoms with Gasteiger partial charge in [-0.1, -0.05) is 0 Å². The quantitative estimate of drug-likeness (QED) is 0.816. The van der Waals surface area contributed by atoms with Crippen LogP contribution in [-0.4, -0.2) is 60.5 Å². The summed E-state index contributed by atoms with van der Waals surface area (Å²) in [6.45, 7) is 2.13. The molecule has 0 spiro atoms. The van der Waals surface area contributed by atoms with Crippen molar-refractivity contribution in [1.29, 1.82) is 0 Å². The summed E-state index contributed by atoms with van der Waals surface area (Å²) in [5.74, 6) is -0.364. The van der Waals surface area contributed by atoms with E-state index in [-0.39, 0.29) is 23.5 Å². The number of carbonyl (C=O) groups is 2. The van der Waals surface area contributed by atoms with E-state index in [0.29, 0.717) is 32.8 Å². The highest BCUT2D eigenvalue weighted by molar-refractivity contribution is 5.94. The fourth-order valence-electron chi connectivity index (χ4n) is 3.09. The van der Waals surface area contributed by atoms with E-state index < -0.39 is 11.7 Å². The van der Waals surface area contributed by atoms with E-state index in [9.17, 15) is 22.8 Å². The van der Waals surface area contributed by atoms with Crippen molar-refractivity contribution in [3.63, 3.8) is 0 Å². The highest BCUT2D eigenvalue weighted by Gasteiger charge is 2.32. The Morgan fingerprint density at radius 1 is 1.00 bits per heavy atom. The van der Waals surface area contributed by atoms with Gasteiger partial charge < -0.3 is 14.5 Å². The molecule has 1 aromatic rings. The van der Waals surface area contributed by atoms with Gasteiger partial charge in [0.15, 0.2) is 0 Å². The van der Waals surface area contributed by atoms with Crippen LogP contribution in [0.2, 0.25) is 0 Å². The van der Waals surface area contributed by atoms with Gasteiger partial charge in [-0.15, -0.1) is 0 Å². The summed E-state index contributed by atoms with van der Waals surface area (Å²) in [5.41, 5.74) is -0.567. The van der Waals surface area contributed by atoms with Crippen LogP contribution in [0.4, 0.5) is 13.2 Å². The number of amides is 2. The van der Waals surface area contributed by atoms with Crippen molar-refractivity contribution >= 4 is 11.8 Å². The van der Waals surface area contributed by atoms with Gasteiger partial charge in [0.1, 0.15) is 6.10 Å². The highest BCUT2D eigenvalue weighted by atomic mass is 19.4. The van der Waals surface area contributed by atoms with Crippen LogP contribution in [-0.2, 0) is 15.7 Å². The third kappa shape index (κ3) is 3.95. The minimum absolute atomic E-state index is 0.0425. The van der Waals surface area contributed by atoms with Crippen molar-refractivity contribution in [3.05, 3.63) is 35.4 Å². The molecule has 5 nitrogen and oxygen atoms in total. The summed E-state index contributed by atoms with van der Waals surface area (Å²) in [6, 6.07) is 4.19. The number of halogens is 3. The van der Waals surface area contributed by atoms with Gasteiger partial charge in [0.2, 0.25) is 0 Å². The molecule has 2 heterocycles. The molecule has 3 rings (SSSR count). The van der Waals surface area contributed by atoms with Crippen LogP contribution in [0.5, 0.6) is 0 Å². The molecule has 2 amide bonds. The number of ether oxygens (including phenoxy) is 1. The fourth-order valence-corrected chi connectivity index (χ4v) is 3.09. The molecule has 2 fully saturated rings. The molecule has 0 N–H and O–H groups in total. The molecule has 8 heteroatoms. The highest BCUT2D eigenvalue weighted by Crippen LogP contribution is 2.29. The number of alkyl halides is 3. The van der Waals surface area contributed by atoms with Gasteiger partial charge in [-0.25, -0.2) is 0 Å². The second-order valence-corrected chi connectivity index (χ2v) is 6.19. The van der Waals surface area contributed by atoms with Crippen LogP contribution in [0.15, 0.2) is 24.3 Å². The largest absolute Gasteiger partial charge is 0.416 e. The Bertz CT molecular complexity index is 632. The summed E-state index contributed by atoms with van der Waals surface area (Å²) in [5, 5.41) is 0. The second-order valence-electron chi connectivity index (χ2n) is 6.19. The number of rotatable bonds is 2. The molecule has 1 aromatic carbocycles. The van der Waals surface area contributed by atoms with E-state index in [1.54, 1.807) is 9.80 Å². The van der Waals surface area contributed by atoms with E-state index >= 15 is 0 Å². The van der Waals surface area contributed by atoms with Gasteiger partial charge in [-0.3, -0.25) is 9.59 Å². The van der Waals surface area contributed by atoms with Crippen LogP contribution in [0.3, 0.4) is 0 Å². The lowest BCUT2D eigenvalue weighted by Crippen LogP contribution is -2.52. The monoisotopic (exact) mass is 356 g/mol. The van der Waals surface area contributed by atoms with Crippen LogP contribution in [0, 0.1) is 0 Å². The Balaban J connectivity index is 1.57.